The number of hydrogen-bond donors (Lipinski definition) is 1. The fourth-order valence-electron chi connectivity index (χ4n) is 0.836. The summed E-state index contributed by atoms with van der Waals surface area (Å²) in [5, 5.41) is 3.83. The van der Waals surface area contributed by atoms with Crippen LogP contribution in [0.4, 0.5) is 0 Å². The number of ether oxygens (including phenoxy) is 1. The van der Waals surface area contributed by atoms with Crippen molar-refractivity contribution >= 4 is 11.6 Å². The lowest BCUT2D eigenvalue weighted by Crippen LogP contribution is -2.22. The van der Waals surface area contributed by atoms with Crippen molar-refractivity contribution in [3.05, 3.63) is 0 Å². The lowest BCUT2D eigenvalue weighted by molar-refractivity contribution is -0.121. The van der Waals surface area contributed by atoms with Crippen LogP contribution in [0.2, 0.25) is 0 Å². The van der Waals surface area contributed by atoms with E-state index in [0.717, 1.165) is 5.71 Å². The summed E-state index contributed by atoms with van der Waals surface area (Å²) in [5.74, 6) is -0.166. The van der Waals surface area contributed by atoms with E-state index < -0.39 is 0 Å². The first-order valence-corrected chi connectivity index (χ1v) is 3.69. The average Bonchev–Trinajstić information content (AvgIpc) is 2.31. The normalized spacial score (nSPS) is 23.3. The third-order valence-electron chi connectivity index (χ3n) is 1.66. The van der Waals surface area contributed by atoms with Gasteiger partial charge in [-0.25, -0.2) is 5.43 Å². The van der Waals surface area contributed by atoms with Crippen LogP contribution >= 0.6 is 0 Å². The van der Waals surface area contributed by atoms with E-state index in [4.69, 9.17) is 4.74 Å². The highest BCUT2D eigenvalue weighted by Crippen LogP contribution is 2.05. The minimum absolute atomic E-state index is 0.0419. The van der Waals surface area contributed by atoms with Crippen LogP contribution in [0.3, 0.4) is 0 Å². The van der Waals surface area contributed by atoms with Crippen molar-refractivity contribution in [3.8, 4) is 0 Å². The molecule has 0 fully saturated rings. The van der Waals surface area contributed by atoms with Crippen molar-refractivity contribution in [2.75, 3.05) is 13.2 Å². The van der Waals surface area contributed by atoms with Gasteiger partial charge in [0.25, 0.3) is 0 Å². The summed E-state index contributed by atoms with van der Waals surface area (Å²) >= 11 is 0. The van der Waals surface area contributed by atoms with Crippen LogP contribution in [0.15, 0.2) is 5.10 Å². The van der Waals surface area contributed by atoms with Gasteiger partial charge in [-0.2, -0.15) is 5.10 Å². The molecule has 0 saturated carbocycles. The third-order valence-corrected chi connectivity index (χ3v) is 1.66. The summed E-state index contributed by atoms with van der Waals surface area (Å²) in [6.45, 7) is 4.84. The maximum absolute atomic E-state index is 10.9. The van der Waals surface area contributed by atoms with Crippen LogP contribution in [0.25, 0.3) is 0 Å². The van der Waals surface area contributed by atoms with Crippen molar-refractivity contribution in [2.45, 2.75) is 13.8 Å². The topological polar surface area (TPSA) is 50.7 Å². The highest BCUT2D eigenvalue weighted by Gasteiger charge is 2.24. The van der Waals surface area contributed by atoms with Crippen molar-refractivity contribution in [1.82, 2.24) is 5.43 Å². The quantitative estimate of drug-likeness (QED) is 0.632. The molecule has 0 spiro atoms. The predicted molar refractivity (Wildman–Crippen MR) is 41.2 cm³/mol. The minimum Gasteiger partial charge on any atom is -0.376 e. The molecule has 4 heteroatoms. The monoisotopic (exact) mass is 156 g/mol. The summed E-state index contributed by atoms with van der Waals surface area (Å²) in [6, 6.07) is 0. The number of carbonyl (C=O) groups excluding carboxylic acids is 1. The average molecular weight is 156 g/mol. The number of carbonyl (C=O) groups is 1. The predicted octanol–water partition coefficient (Wildman–Crippen LogP) is 0.145. The smallest absolute Gasteiger partial charge is 0.248 e. The summed E-state index contributed by atoms with van der Waals surface area (Å²) in [4.78, 5) is 10.9. The minimum atomic E-state index is -0.124. The fraction of sp³-hybridized carbons (Fsp3) is 0.714. The van der Waals surface area contributed by atoms with E-state index in [1.807, 2.05) is 13.8 Å². The molecule has 0 aliphatic carbocycles. The molecule has 1 N–H and O–H groups in total. The van der Waals surface area contributed by atoms with Gasteiger partial charge in [-0.05, 0) is 13.8 Å². The van der Waals surface area contributed by atoms with Gasteiger partial charge in [0.1, 0.15) is 0 Å². The van der Waals surface area contributed by atoms with Crippen LogP contribution in [0.5, 0.6) is 0 Å². The Morgan fingerprint density at radius 1 is 1.73 bits per heavy atom. The standard InChI is InChI=1S/C7H12N2O2/c1-3-11-4-6-5(2)7(10)9-8-6/h5H,3-4H2,1-2H3,(H,9,10). The Labute approximate surface area is 65.6 Å². The zero-order chi connectivity index (χ0) is 8.27. The molecule has 0 aromatic carbocycles. The summed E-state index contributed by atoms with van der Waals surface area (Å²) in [6.07, 6.45) is 0. The van der Waals surface area contributed by atoms with Crippen LogP contribution in [-0.2, 0) is 9.53 Å². The SMILES string of the molecule is CCOCC1=NNC(=O)C1C. The first kappa shape index (κ1) is 8.20. The molecule has 0 bridgehead atoms. The van der Waals surface area contributed by atoms with E-state index in [0.29, 0.717) is 13.2 Å². The molecular formula is C7H12N2O2. The molecule has 62 valence electrons. The molecule has 1 heterocycles. The molecule has 0 aromatic rings. The van der Waals surface area contributed by atoms with Crippen molar-refractivity contribution < 1.29 is 9.53 Å². The number of hydrazone groups is 1. The molecule has 0 radical (unpaired) electrons. The van der Waals surface area contributed by atoms with Gasteiger partial charge in [-0.1, -0.05) is 0 Å². The molecule has 1 aliphatic rings. The summed E-state index contributed by atoms with van der Waals surface area (Å²) < 4.78 is 5.11. The maximum Gasteiger partial charge on any atom is 0.248 e. The molecule has 4 nitrogen and oxygen atoms in total. The van der Waals surface area contributed by atoms with Gasteiger partial charge in [0.2, 0.25) is 5.91 Å². The van der Waals surface area contributed by atoms with Crippen LogP contribution in [0, 0.1) is 5.92 Å². The number of amides is 1. The molecule has 1 rings (SSSR count). The molecular weight excluding hydrogens is 144 g/mol. The molecule has 11 heavy (non-hydrogen) atoms. The molecule has 1 unspecified atom stereocenters. The molecule has 0 saturated heterocycles. The largest absolute Gasteiger partial charge is 0.376 e. The van der Waals surface area contributed by atoms with E-state index in [9.17, 15) is 4.79 Å². The van der Waals surface area contributed by atoms with E-state index in [2.05, 4.69) is 10.5 Å². The Morgan fingerprint density at radius 3 is 2.91 bits per heavy atom. The van der Waals surface area contributed by atoms with Crippen LogP contribution in [0.1, 0.15) is 13.8 Å². The summed E-state index contributed by atoms with van der Waals surface area (Å²) in [7, 11) is 0. The molecule has 1 atom stereocenters. The fourth-order valence-corrected chi connectivity index (χ4v) is 0.836. The lowest BCUT2D eigenvalue weighted by atomic mass is 10.1. The molecule has 0 aromatic heterocycles. The second-order valence-electron chi connectivity index (χ2n) is 2.44. The van der Waals surface area contributed by atoms with Crippen molar-refractivity contribution in [1.29, 1.82) is 0 Å². The zero-order valence-corrected chi connectivity index (χ0v) is 6.76. The second-order valence-corrected chi connectivity index (χ2v) is 2.44. The first-order chi connectivity index (χ1) is 5.25. The van der Waals surface area contributed by atoms with E-state index in [-0.39, 0.29) is 11.8 Å². The number of rotatable bonds is 3. The van der Waals surface area contributed by atoms with Gasteiger partial charge in [0, 0.05) is 6.61 Å². The van der Waals surface area contributed by atoms with Gasteiger partial charge in [0.05, 0.1) is 18.2 Å². The van der Waals surface area contributed by atoms with E-state index in [1.54, 1.807) is 0 Å². The second kappa shape index (κ2) is 3.48. The van der Waals surface area contributed by atoms with Gasteiger partial charge in [-0.15, -0.1) is 0 Å². The Hall–Kier alpha value is -0.900. The first-order valence-electron chi connectivity index (χ1n) is 3.69. The Balaban J connectivity index is 2.41. The van der Waals surface area contributed by atoms with Crippen LogP contribution in [-0.4, -0.2) is 24.8 Å². The van der Waals surface area contributed by atoms with E-state index >= 15 is 0 Å². The van der Waals surface area contributed by atoms with Gasteiger partial charge < -0.3 is 4.74 Å². The Bertz CT molecular complexity index is 189. The number of nitrogens with one attached hydrogen (secondary N) is 1. The zero-order valence-electron chi connectivity index (χ0n) is 6.76. The number of nitrogens with zero attached hydrogens (tertiary/aromatic N) is 1. The highest BCUT2D eigenvalue weighted by molar-refractivity contribution is 6.08. The highest BCUT2D eigenvalue weighted by atomic mass is 16.5. The van der Waals surface area contributed by atoms with Crippen molar-refractivity contribution in [2.24, 2.45) is 11.0 Å². The lowest BCUT2D eigenvalue weighted by Gasteiger charge is -2.02. The third kappa shape index (κ3) is 1.77. The Morgan fingerprint density at radius 2 is 2.45 bits per heavy atom. The Kier molecular flexibility index (Phi) is 2.59. The maximum atomic E-state index is 10.9. The van der Waals surface area contributed by atoms with Gasteiger partial charge in [0.15, 0.2) is 0 Å². The van der Waals surface area contributed by atoms with Gasteiger partial charge in [-0.3, -0.25) is 4.79 Å². The molecule has 1 amide bonds. The van der Waals surface area contributed by atoms with E-state index in [1.165, 1.54) is 0 Å². The van der Waals surface area contributed by atoms with Crippen LogP contribution < -0.4 is 5.43 Å². The summed E-state index contributed by atoms with van der Waals surface area (Å²) in [5.41, 5.74) is 3.19. The van der Waals surface area contributed by atoms with Gasteiger partial charge >= 0.3 is 0 Å². The van der Waals surface area contributed by atoms with Crippen molar-refractivity contribution in [3.63, 3.8) is 0 Å². The number of hydrogen-bond acceptors (Lipinski definition) is 3. The molecule has 1 aliphatic heterocycles.